The number of piperidine rings is 1. The summed E-state index contributed by atoms with van der Waals surface area (Å²) in [6.07, 6.45) is 3.27. The topological polar surface area (TPSA) is 72.4 Å². The fraction of sp³-hybridized carbons (Fsp3) is 0.474. The van der Waals surface area contributed by atoms with Gasteiger partial charge in [-0.2, -0.15) is 0 Å². The quantitative estimate of drug-likeness (QED) is 0.684. The van der Waals surface area contributed by atoms with Gasteiger partial charge in [-0.1, -0.05) is 37.0 Å². The summed E-state index contributed by atoms with van der Waals surface area (Å²) >= 11 is 12.1. The standard InChI is InChI=1S/C19H23Cl2N3O2.2ClH/c1-19(2)11-24(8-7-16(19)22)18(25)6-5-17-23-10-15(26-17)13-4-3-12(20)9-14(13)21;;/h3-4,9-10,16H,5-8,11,22H2,1-2H3;2*1H. The maximum Gasteiger partial charge on any atom is 0.223 e. The molecule has 1 amide bonds. The SMILES string of the molecule is CC1(C)CN(C(=O)CCc2ncc(-c3ccc(Cl)cc3Cl)o2)CCC1N.Cl.Cl. The van der Waals surface area contributed by atoms with Crippen molar-refractivity contribution >= 4 is 53.9 Å². The first kappa shape index (κ1) is 25.1. The number of amides is 1. The molecule has 1 aliphatic heterocycles. The van der Waals surface area contributed by atoms with E-state index in [1.165, 1.54) is 0 Å². The van der Waals surface area contributed by atoms with E-state index in [9.17, 15) is 4.79 Å². The van der Waals surface area contributed by atoms with E-state index in [4.69, 9.17) is 33.4 Å². The summed E-state index contributed by atoms with van der Waals surface area (Å²) in [5.74, 6) is 1.20. The van der Waals surface area contributed by atoms with Crippen LogP contribution in [0.5, 0.6) is 0 Å². The lowest BCUT2D eigenvalue weighted by molar-refractivity contribution is -0.134. The maximum atomic E-state index is 12.5. The van der Waals surface area contributed by atoms with Crippen LogP contribution in [0.2, 0.25) is 10.0 Å². The number of carbonyl (C=O) groups excluding carboxylic acids is 1. The van der Waals surface area contributed by atoms with Gasteiger partial charge in [0.05, 0.1) is 11.2 Å². The third-order valence-corrected chi connectivity index (χ3v) is 5.52. The average Bonchev–Trinajstić information content (AvgIpc) is 3.03. The van der Waals surface area contributed by atoms with E-state index < -0.39 is 0 Å². The highest BCUT2D eigenvalue weighted by Gasteiger charge is 2.35. The molecule has 2 N–H and O–H groups in total. The van der Waals surface area contributed by atoms with Gasteiger partial charge in [-0.05, 0) is 30.0 Å². The number of likely N-dealkylation sites (tertiary alicyclic amines) is 1. The normalized spacial score (nSPS) is 18.2. The largest absolute Gasteiger partial charge is 0.441 e. The Kier molecular flexibility index (Phi) is 9.10. The van der Waals surface area contributed by atoms with Crippen molar-refractivity contribution < 1.29 is 9.21 Å². The van der Waals surface area contributed by atoms with Crippen molar-refractivity contribution in [2.24, 2.45) is 11.1 Å². The van der Waals surface area contributed by atoms with Gasteiger partial charge in [0.1, 0.15) is 0 Å². The molecule has 1 aliphatic rings. The lowest BCUT2D eigenvalue weighted by atomic mass is 9.79. The summed E-state index contributed by atoms with van der Waals surface area (Å²) in [7, 11) is 0. The van der Waals surface area contributed by atoms with Gasteiger partial charge in [0.25, 0.3) is 0 Å². The first-order valence-electron chi connectivity index (χ1n) is 8.70. The van der Waals surface area contributed by atoms with Crippen LogP contribution in [0.25, 0.3) is 11.3 Å². The second-order valence-corrected chi connectivity index (χ2v) is 8.29. The van der Waals surface area contributed by atoms with Crippen LogP contribution in [0, 0.1) is 5.41 Å². The summed E-state index contributed by atoms with van der Waals surface area (Å²) in [5, 5.41) is 1.07. The Balaban J connectivity index is 0.00000196. The van der Waals surface area contributed by atoms with Crippen LogP contribution in [0.3, 0.4) is 0 Å². The van der Waals surface area contributed by atoms with Gasteiger partial charge < -0.3 is 15.1 Å². The van der Waals surface area contributed by atoms with E-state index in [0.29, 0.717) is 47.6 Å². The van der Waals surface area contributed by atoms with Crippen LogP contribution >= 0.6 is 48.0 Å². The van der Waals surface area contributed by atoms with E-state index in [2.05, 4.69) is 18.8 Å². The number of halogens is 4. The third-order valence-electron chi connectivity index (χ3n) is 4.97. The highest BCUT2D eigenvalue weighted by Crippen LogP contribution is 2.31. The number of aromatic nitrogens is 1. The van der Waals surface area contributed by atoms with Gasteiger partial charge in [0.15, 0.2) is 11.7 Å². The maximum absolute atomic E-state index is 12.5. The number of nitrogens with two attached hydrogens (primary N) is 1. The summed E-state index contributed by atoms with van der Waals surface area (Å²) in [6.45, 7) is 5.60. The fourth-order valence-electron chi connectivity index (χ4n) is 3.20. The molecule has 1 unspecified atom stereocenters. The summed E-state index contributed by atoms with van der Waals surface area (Å²) in [6, 6.07) is 5.33. The molecule has 28 heavy (non-hydrogen) atoms. The van der Waals surface area contributed by atoms with Crippen molar-refractivity contribution in [3.05, 3.63) is 40.3 Å². The van der Waals surface area contributed by atoms with Gasteiger partial charge >= 0.3 is 0 Å². The Morgan fingerprint density at radius 2 is 2.07 bits per heavy atom. The number of carbonyl (C=O) groups is 1. The predicted octanol–water partition coefficient (Wildman–Crippen LogP) is 5.01. The second kappa shape index (κ2) is 10.2. The van der Waals surface area contributed by atoms with Gasteiger partial charge in [-0.3, -0.25) is 4.79 Å². The van der Waals surface area contributed by atoms with Crippen molar-refractivity contribution in [3.63, 3.8) is 0 Å². The molecule has 2 aromatic rings. The number of oxazole rings is 1. The molecule has 1 atom stereocenters. The molecule has 0 spiro atoms. The summed E-state index contributed by atoms with van der Waals surface area (Å²) in [4.78, 5) is 18.7. The molecule has 1 aromatic heterocycles. The Hall–Kier alpha value is -0.980. The van der Waals surface area contributed by atoms with E-state index >= 15 is 0 Å². The zero-order valence-corrected chi connectivity index (χ0v) is 18.9. The molecular formula is C19H25Cl4N3O2. The van der Waals surface area contributed by atoms with E-state index in [-0.39, 0.29) is 42.2 Å². The monoisotopic (exact) mass is 467 g/mol. The Bertz CT molecular complexity index is 810. The summed E-state index contributed by atoms with van der Waals surface area (Å²) < 4.78 is 5.76. The highest BCUT2D eigenvalue weighted by atomic mass is 35.5. The van der Waals surface area contributed by atoms with Crippen LogP contribution in [-0.2, 0) is 11.2 Å². The molecular weight excluding hydrogens is 444 g/mol. The van der Waals surface area contributed by atoms with Gasteiger partial charge in [0, 0.05) is 42.6 Å². The number of rotatable bonds is 4. The minimum Gasteiger partial charge on any atom is -0.441 e. The van der Waals surface area contributed by atoms with Crippen LogP contribution in [0.1, 0.15) is 32.6 Å². The molecule has 5 nitrogen and oxygen atoms in total. The van der Waals surface area contributed by atoms with Gasteiger partial charge in [-0.25, -0.2) is 4.98 Å². The van der Waals surface area contributed by atoms with Crippen LogP contribution in [0.4, 0.5) is 0 Å². The molecule has 1 saturated heterocycles. The first-order valence-corrected chi connectivity index (χ1v) is 9.45. The van der Waals surface area contributed by atoms with Crippen LogP contribution < -0.4 is 5.73 Å². The number of hydrogen-bond donors (Lipinski definition) is 1. The Morgan fingerprint density at radius 1 is 1.36 bits per heavy atom. The first-order chi connectivity index (χ1) is 12.3. The second-order valence-electron chi connectivity index (χ2n) is 7.44. The minimum absolute atomic E-state index is 0. The van der Waals surface area contributed by atoms with Gasteiger partial charge in [0.2, 0.25) is 5.91 Å². The summed E-state index contributed by atoms with van der Waals surface area (Å²) in [5.41, 5.74) is 6.81. The molecule has 0 saturated carbocycles. The predicted molar refractivity (Wildman–Crippen MR) is 118 cm³/mol. The Labute approximate surface area is 187 Å². The number of hydrogen-bond acceptors (Lipinski definition) is 4. The fourth-order valence-corrected chi connectivity index (χ4v) is 3.70. The number of benzene rings is 1. The van der Waals surface area contributed by atoms with E-state index in [1.54, 1.807) is 24.4 Å². The molecule has 9 heteroatoms. The van der Waals surface area contributed by atoms with E-state index in [1.807, 2.05) is 4.90 Å². The van der Waals surface area contributed by atoms with Crippen molar-refractivity contribution in [2.45, 2.75) is 39.2 Å². The molecule has 1 fully saturated rings. The number of aryl methyl sites for hydroxylation is 1. The lowest BCUT2D eigenvalue weighted by Gasteiger charge is -2.42. The zero-order chi connectivity index (χ0) is 18.9. The molecule has 156 valence electrons. The smallest absolute Gasteiger partial charge is 0.223 e. The van der Waals surface area contributed by atoms with Crippen molar-refractivity contribution in [3.8, 4) is 11.3 Å². The average molecular weight is 469 g/mol. The minimum atomic E-state index is -0.0602. The third kappa shape index (κ3) is 5.77. The molecule has 3 rings (SSSR count). The molecule has 1 aromatic carbocycles. The molecule has 2 heterocycles. The van der Waals surface area contributed by atoms with Crippen molar-refractivity contribution in [2.75, 3.05) is 13.1 Å². The van der Waals surface area contributed by atoms with Crippen LogP contribution in [-0.4, -0.2) is 34.9 Å². The van der Waals surface area contributed by atoms with Crippen molar-refractivity contribution in [1.29, 1.82) is 0 Å². The van der Waals surface area contributed by atoms with Gasteiger partial charge in [-0.15, -0.1) is 24.8 Å². The number of nitrogens with zero attached hydrogens (tertiary/aromatic N) is 2. The molecule has 0 bridgehead atoms. The lowest BCUT2D eigenvalue weighted by Crippen LogP contribution is -2.54. The Morgan fingerprint density at radius 3 is 2.71 bits per heavy atom. The highest BCUT2D eigenvalue weighted by molar-refractivity contribution is 6.36. The molecule has 0 radical (unpaired) electrons. The van der Waals surface area contributed by atoms with E-state index in [0.717, 1.165) is 12.0 Å². The van der Waals surface area contributed by atoms with Crippen LogP contribution in [0.15, 0.2) is 28.8 Å². The van der Waals surface area contributed by atoms with Crippen molar-refractivity contribution in [1.82, 2.24) is 9.88 Å². The zero-order valence-electron chi connectivity index (χ0n) is 15.8. The molecule has 0 aliphatic carbocycles.